The molecule has 9 heteroatoms. The number of ether oxygens (including phenoxy) is 2. The Morgan fingerprint density at radius 2 is 1.79 bits per heavy atom. The van der Waals surface area contributed by atoms with Crippen LogP contribution >= 0.6 is 0 Å². The fraction of sp³-hybridized carbons (Fsp3) is 0.316. The summed E-state index contributed by atoms with van der Waals surface area (Å²) in [6, 6.07) is 10.1. The summed E-state index contributed by atoms with van der Waals surface area (Å²) in [5.41, 5.74) is 0.557. The van der Waals surface area contributed by atoms with E-state index < -0.39 is 34.3 Å². The molecule has 1 amide bonds. The topological polar surface area (TPSA) is 84.9 Å². The highest BCUT2D eigenvalue weighted by molar-refractivity contribution is 7.92. The predicted molar refractivity (Wildman–Crippen MR) is 105 cm³/mol. The quantitative estimate of drug-likeness (QED) is 0.723. The summed E-state index contributed by atoms with van der Waals surface area (Å²) in [5, 5.41) is 2.71. The van der Waals surface area contributed by atoms with E-state index in [1.807, 2.05) is 0 Å². The summed E-state index contributed by atoms with van der Waals surface area (Å²) in [5.74, 6) is -0.248. The van der Waals surface area contributed by atoms with Crippen LogP contribution in [0.4, 0.5) is 10.1 Å². The van der Waals surface area contributed by atoms with Gasteiger partial charge in [0.2, 0.25) is 15.9 Å². The first-order valence-electron chi connectivity index (χ1n) is 8.41. The van der Waals surface area contributed by atoms with Crippen LogP contribution in [-0.2, 0) is 14.8 Å². The third-order valence-corrected chi connectivity index (χ3v) is 5.22. The lowest BCUT2D eigenvalue weighted by Gasteiger charge is -2.23. The van der Waals surface area contributed by atoms with Crippen LogP contribution in [0.5, 0.6) is 11.5 Å². The van der Waals surface area contributed by atoms with Crippen molar-refractivity contribution in [2.45, 2.75) is 13.0 Å². The summed E-state index contributed by atoms with van der Waals surface area (Å²) in [4.78, 5) is 12.5. The van der Waals surface area contributed by atoms with Crippen molar-refractivity contribution in [1.82, 2.24) is 5.32 Å². The average molecular weight is 410 g/mol. The monoisotopic (exact) mass is 410 g/mol. The number of benzene rings is 2. The first-order chi connectivity index (χ1) is 13.2. The minimum atomic E-state index is -3.86. The second kappa shape index (κ2) is 8.92. The van der Waals surface area contributed by atoms with Crippen LogP contribution in [-0.4, -0.2) is 41.3 Å². The Kier molecular flexibility index (Phi) is 6.85. The molecule has 0 heterocycles. The number of nitrogens with zero attached hydrogens (tertiary/aromatic N) is 1. The normalized spacial score (nSPS) is 12.2. The molecule has 0 aromatic heterocycles. The molecule has 0 aliphatic rings. The zero-order valence-electron chi connectivity index (χ0n) is 16.1. The Balaban J connectivity index is 2.18. The molecule has 1 N–H and O–H groups in total. The molecule has 0 saturated heterocycles. The lowest BCUT2D eigenvalue weighted by atomic mass is 10.1. The van der Waals surface area contributed by atoms with E-state index in [1.165, 1.54) is 32.4 Å². The van der Waals surface area contributed by atoms with Gasteiger partial charge < -0.3 is 14.8 Å². The molecule has 152 valence electrons. The zero-order chi connectivity index (χ0) is 20.9. The van der Waals surface area contributed by atoms with Gasteiger partial charge in [-0.15, -0.1) is 0 Å². The Bertz CT molecular complexity index is 949. The molecule has 0 radical (unpaired) electrons. The lowest BCUT2D eigenvalue weighted by molar-refractivity contribution is -0.120. The average Bonchev–Trinajstić information content (AvgIpc) is 2.65. The molecule has 0 fully saturated rings. The molecule has 0 spiro atoms. The second-order valence-corrected chi connectivity index (χ2v) is 8.03. The first kappa shape index (κ1) is 21.5. The van der Waals surface area contributed by atoms with Crippen molar-refractivity contribution in [3.63, 3.8) is 0 Å². The Morgan fingerprint density at radius 3 is 2.36 bits per heavy atom. The number of halogens is 1. The molecular formula is C19H23FN2O5S. The van der Waals surface area contributed by atoms with Crippen LogP contribution in [0, 0.1) is 5.82 Å². The molecule has 0 saturated carbocycles. The van der Waals surface area contributed by atoms with Crippen molar-refractivity contribution in [2.75, 3.05) is 31.3 Å². The maximum Gasteiger partial charge on any atom is 0.241 e. The van der Waals surface area contributed by atoms with E-state index in [9.17, 15) is 17.6 Å². The van der Waals surface area contributed by atoms with Gasteiger partial charge in [0.15, 0.2) is 11.5 Å². The van der Waals surface area contributed by atoms with E-state index in [4.69, 9.17) is 9.47 Å². The van der Waals surface area contributed by atoms with E-state index in [1.54, 1.807) is 25.1 Å². The third kappa shape index (κ3) is 5.13. The van der Waals surface area contributed by atoms with E-state index in [-0.39, 0.29) is 5.69 Å². The third-order valence-electron chi connectivity index (χ3n) is 4.09. The number of amides is 1. The largest absolute Gasteiger partial charge is 0.493 e. The van der Waals surface area contributed by atoms with Gasteiger partial charge in [-0.1, -0.05) is 18.2 Å². The predicted octanol–water partition coefficient (Wildman–Crippen LogP) is 2.49. The highest BCUT2D eigenvalue weighted by Gasteiger charge is 2.24. The maximum atomic E-state index is 14.0. The van der Waals surface area contributed by atoms with E-state index >= 15 is 0 Å². The zero-order valence-corrected chi connectivity index (χ0v) is 16.9. The lowest BCUT2D eigenvalue weighted by Crippen LogP contribution is -2.41. The molecule has 7 nitrogen and oxygen atoms in total. The number of sulfonamides is 1. The number of nitrogens with one attached hydrogen (secondary N) is 1. The SMILES string of the molecule is COc1ccc([C@@H](C)NC(=O)CN(c2ccccc2F)S(C)(=O)=O)cc1OC. The standard InChI is InChI=1S/C19H23FN2O5S/c1-13(14-9-10-17(26-2)18(11-14)27-3)21-19(23)12-22(28(4,24)25)16-8-6-5-7-15(16)20/h5-11,13H,12H2,1-4H3,(H,21,23)/t13-/m1/s1. The van der Waals surface area contributed by atoms with Crippen molar-refractivity contribution >= 4 is 21.6 Å². The number of carbonyl (C=O) groups excluding carboxylic acids is 1. The number of carbonyl (C=O) groups is 1. The fourth-order valence-electron chi connectivity index (χ4n) is 2.66. The number of para-hydroxylation sites is 1. The van der Waals surface area contributed by atoms with Crippen molar-refractivity contribution < 1.29 is 27.1 Å². The van der Waals surface area contributed by atoms with Gasteiger partial charge in [0.1, 0.15) is 12.4 Å². The van der Waals surface area contributed by atoms with Crippen LogP contribution in [0.2, 0.25) is 0 Å². The van der Waals surface area contributed by atoms with Crippen LogP contribution in [0.15, 0.2) is 42.5 Å². The van der Waals surface area contributed by atoms with Crippen LogP contribution in [0.3, 0.4) is 0 Å². The number of hydrogen-bond acceptors (Lipinski definition) is 5. The molecule has 2 aromatic carbocycles. The summed E-state index contributed by atoms with van der Waals surface area (Å²) >= 11 is 0. The minimum Gasteiger partial charge on any atom is -0.493 e. The van der Waals surface area contributed by atoms with Gasteiger partial charge in [0.05, 0.1) is 32.2 Å². The number of anilines is 1. The van der Waals surface area contributed by atoms with Gasteiger partial charge in [-0.3, -0.25) is 9.10 Å². The number of rotatable bonds is 8. The molecule has 1 atom stereocenters. The van der Waals surface area contributed by atoms with Crippen LogP contribution in [0.1, 0.15) is 18.5 Å². The molecular weight excluding hydrogens is 387 g/mol. The summed E-state index contributed by atoms with van der Waals surface area (Å²) in [7, 11) is -0.837. The van der Waals surface area contributed by atoms with Gasteiger partial charge in [-0.05, 0) is 36.8 Å². The number of methoxy groups -OCH3 is 2. The van der Waals surface area contributed by atoms with Crippen molar-refractivity contribution in [1.29, 1.82) is 0 Å². The number of hydrogen-bond donors (Lipinski definition) is 1. The molecule has 0 bridgehead atoms. The summed E-state index contributed by atoms with van der Waals surface area (Å²) < 4.78 is 49.4. The molecule has 0 aliphatic carbocycles. The van der Waals surface area contributed by atoms with E-state index in [0.717, 1.165) is 22.2 Å². The Labute approximate surface area is 164 Å². The molecule has 2 aromatic rings. The minimum absolute atomic E-state index is 0.182. The highest BCUT2D eigenvalue weighted by Crippen LogP contribution is 2.30. The van der Waals surface area contributed by atoms with E-state index in [0.29, 0.717) is 11.5 Å². The Hall–Kier alpha value is -2.81. The van der Waals surface area contributed by atoms with Crippen LogP contribution < -0.4 is 19.1 Å². The van der Waals surface area contributed by atoms with Gasteiger partial charge >= 0.3 is 0 Å². The molecule has 28 heavy (non-hydrogen) atoms. The van der Waals surface area contributed by atoms with Crippen LogP contribution in [0.25, 0.3) is 0 Å². The maximum absolute atomic E-state index is 14.0. The fourth-order valence-corrected chi connectivity index (χ4v) is 3.52. The van der Waals surface area contributed by atoms with Gasteiger partial charge in [0, 0.05) is 0 Å². The summed E-state index contributed by atoms with van der Waals surface area (Å²) in [6.07, 6.45) is 0.921. The molecule has 2 rings (SSSR count). The molecule has 0 aliphatic heterocycles. The van der Waals surface area contributed by atoms with Gasteiger partial charge in [-0.2, -0.15) is 0 Å². The van der Waals surface area contributed by atoms with E-state index in [2.05, 4.69) is 5.32 Å². The smallest absolute Gasteiger partial charge is 0.241 e. The first-order valence-corrected chi connectivity index (χ1v) is 10.3. The van der Waals surface area contributed by atoms with Crippen molar-refractivity contribution in [2.24, 2.45) is 0 Å². The van der Waals surface area contributed by atoms with Crippen molar-refractivity contribution in [3.8, 4) is 11.5 Å². The Morgan fingerprint density at radius 1 is 1.14 bits per heavy atom. The molecule has 0 unspecified atom stereocenters. The van der Waals surface area contributed by atoms with Gasteiger partial charge in [-0.25, -0.2) is 12.8 Å². The highest BCUT2D eigenvalue weighted by atomic mass is 32.2. The van der Waals surface area contributed by atoms with Gasteiger partial charge in [0.25, 0.3) is 0 Å². The summed E-state index contributed by atoms with van der Waals surface area (Å²) in [6.45, 7) is 1.20. The van der Waals surface area contributed by atoms with Crippen molar-refractivity contribution in [3.05, 3.63) is 53.8 Å². The second-order valence-electron chi connectivity index (χ2n) is 6.12.